The molecule has 3 rings (SSSR count). The molecule has 23 heavy (non-hydrogen) atoms. The molecule has 0 fully saturated rings. The van der Waals surface area contributed by atoms with Gasteiger partial charge in [0.05, 0.1) is 5.02 Å². The number of ether oxygens (including phenoxy) is 1. The normalized spacial score (nSPS) is 10.7. The second-order valence-corrected chi connectivity index (χ2v) is 5.25. The molecule has 3 aromatic rings. The Morgan fingerprint density at radius 2 is 1.91 bits per heavy atom. The Labute approximate surface area is 135 Å². The Kier molecular flexibility index (Phi) is 4.12. The fraction of sp³-hybridized carbons (Fsp3) is 0.0588. The number of hydrogen-bond acceptors (Lipinski definition) is 3. The fourth-order valence-electron chi connectivity index (χ4n) is 2.28. The number of para-hydroxylation sites is 1. The van der Waals surface area contributed by atoms with Crippen LogP contribution in [-0.4, -0.2) is 23.3 Å². The molecule has 0 aliphatic carbocycles. The number of H-pyrrole nitrogens is 1. The van der Waals surface area contributed by atoms with Crippen molar-refractivity contribution in [3.63, 3.8) is 0 Å². The van der Waals surface area contributed by atoms with Crippen LogP contribution in [0.1, 0.15) is 20.7 Å². The maximum atomic E-state index is 13.6. The van der Waals surface area contributed by atoms with Crippen molar-refractivity contribution < 1.29 is 18.7 Å². The summed E-state index contributed by atoms with van der Waals surface area (Å²) in [4.78, 5) is 27.1. The number of carbonyl (C=O) groups is 2. The third-order valence-corrected chi connectivity index (χ3v) is 3.71. The lowest BCUT2D eigenvalue weighted by atomic mass is 10.1. The number of hydrogen-bond donors (Lipinski definition) is 1. The largest absolute Gasteiger partial charge is 0.454 e. The summed E-state index contributed by atoms with van der Waals surface area (Å²) in [7, 11) is 0. The molecular formula is C17H11ClFNO3. The number of benzene rings is 2. The highest BCUT2D eigenvalue weighted by atomic mass is 35.5. The first-order valence-electron chi connectivity index (χ1n) is 6.78. The lowest BCUT2D eigenvalue weighted by Gasteiger charge is -2.06. The van der Waals surface area contributed by atoms with Gasteiger partial charge >= 0.3 is 5.97 Å². The zero-order valence-electron chi connectivity index (χ0n) is 11.8. The molecular weight excluding hydrogens is 321 g/mol. The third kappa shape index (κ3) is 2.96. The topological polar surface area (TPSA) is 59.2 Å². The highest BCUT2D eigenvalue weighted by molar-refractivity contribution is 6.33. The van der Waals surface area contributed by atoms with Gasteiger partial charge in [0.2, 0.25) is 5.78 Å². The first-order valence-corrected chi connectivity index (χ1v) is 7.16. The van der Waals surface area contributed by atoms with Crippen LogP contribution in [-0.2, 0) is 4.74 Å². The fourth-order valence-corrected chi connectivity index (χ4v) is 2.52. The van der Waals surface area contributed by atoms with E-state index in [9.17, 15) is 14.0 Å². The van der Waals surface area contributed by atoms with E-state index in [1.165, 1.54) is 12.1 Å². The zero-order valence-corrected chi connectivity index (χ0v) is 12.6. The van der Waals surface area contributed by atoms with Crippen LogP contribution in [0.5, 0.6) is 0 Å². The monoisotopic (exact) mass is 331 g/mol. The first-order chi connectivity index (χ1) is 11.1. The van der Waals surface area contributed by atoms with Crippen LogP contribution in [0.3, 0.4) is 0 Å². The first kappa shape index (κ1) is 15.2. The molecule has 1 heterocycles. The number of carbonyl (C=O) groups excluding carboxylic acids is 2. The zero-order chi connectivity index (χ0) is 16.4. The summed E-state index contributed by atoms with van der Waals surface area (Å²) < 4.78 is 18.5. The lowest BCUT2D eigenvalue weighted by molar-refractivity contribution is 0.0470. The molecule has 1 N–H and O–H groups in total. The van der Waals surface area contributed by atoms with Gasteiger partial charge in [-0.15, -0.1) is 0 Å². The minimum absolute atomic E-state index is 0.0606. The number of fused-ring (bicyclic) bond motifs is 1. The van der Waals surface area contributed by atoms with E-state index in [1.54, 1.807) is 18.3 Å². The molecule has 0 aliphatic rings. The molecule has 6 heteroatoms. The van der Waals surface area contributed by atoms with E-state index in [-0.39, 0.29) is 16.4 Å². The lowest BCUT2D eigenvalue weighted by Crippen LogP contribution is -2.15. The maximum Gasteiger partial charge on any atom is 0.343 e. The number of esters is 1. The van der Waals surface area contributed by atoms with E-state index in [2.05, 4.69) is 4.98 Å². The quantitative estimate of drug-likeness (QED) is 0.580. The summed E-state index contributed by atoms with van der Waals surface area (Å²) in [6.45, 7) is -0.495. The van der Waals surface area contributed by atoms with Gasteiger partial charge in [-0.25, -0.2) is 9.18 Å². The Morgan fingerprint density at radius 1 is 1.13 bits per heavy atom. The minimum Gasteiger partial charge on any atom is -0.454 e. The highest BCUT2D eigenvalue weighted by Crippen LogP contribution is 2.21. The van der Waals surface area contributed by atoms with E-state index in [1.807, 2.05) is 12.1 Å². The minimum atomic E-state index is -0.971. The van der Waals surface area contributed by atoms with E-state index in [4.69, 9.17) is 16.3 Å². The van der Waals surface area contributed by atoms with Crippen LogP contribution in [0, 0.1) is 5.82 Å². The SMILES string of the molecule is O=C(OCC(=O)c1c[nH]c2ccccc12)c1c(F)cccc1Cl. The number of nitrogens with one attached hydrogen (secondary N) is 1. The summed E-state index contributed by atoms with van der Waals surface area (Å²) >= 11 is 5.79. The molecule has 0 radical (unpaired) electrons. The predicted octanol–water partition coefficient (Wildman–Crippen LogP) is 4.00. The summed E-state index contributed by atoms with van der Waals surface area (Å²) in [5, 5.41) is 0.673. The van der Waals surface area contributed by atoms with Gasteiger partial charge in [0, 0.05) is 22.7 Å². The number of halogens is 2. The van der Waals surface area contributed by atoms with Crippen molar-refractivity contribution in [1.82, 2.24) is 4.98 Å². The summed E-state index contributed by atoms with van der Waals surface area (Å²) in [5.74, 6) is -2.15. The van der Waals surface area contributed by atoms with Crippen molar-refractivity contribution in [2.24, 2.45) is 0 Å². The smallest absolute Gasteiger partial charge is 0.343 e. The van der Waals surface area contributed by atoms with Gasteiger partial charge in [-0.1, -0.05) is 35.9 Å². The summed E-state index contributed by atoms with van der Waals surface area (Å²) in [5.41, 5.74) is 0.841. The molecule has 0 atom stereocenters. The Balaban J connectivity index is 1.75. The van der Waals surface area contributed by atoms with Crippen LogP contribution < -0.4 is 0 Å². The Morgan fingerprint density at radius 3 is 2.70 bits per heavy atom. The average molecular weight is 332 g/mol. The Bertz CT molecular complexity index is 883. The van der Waals surface area contributed by atoms with Crippen LogP contribution in [0.2, 0.25) is 5.02 Å². The standard InChI is InChI=1S/C17H11ClFNO3/c18-12-5-3-6-13(19)16(12)17(22)23-9-15(21)11-8-20-14-7-2-1-4-10(11)14/h1-8,20H,9H2. The van der Waals surface area contributed by atoms with Crippen LogP contribution in [0.15, 0.2) is 48.7 Å². The van der Waals surface area contributed by atoms with Crippen LogP contribution in [0.4, 0.5) is 4.39 Å². The molecule has 0 spiro atoms. The maximum absolute atomic E-state index is 13.6. The van der Waals surface area contributed by atoms with E-state index in [0.29, 0.717) is 5.56 Å². The number of rotatable bonds is 4. The van der Waals surface area contributed by atoms with Crippen molar-refractivity contribution >= 4 is 34.3 Å². The summed E-state index contributed by atoms with van der Waals surface area (Å²) in [6, 6.07) is 11.1. The van der Waals surface area contributed by atoms with Crippen molar-refractivity contribution in [3.8, 4) is 0 Å². The van der Waals surface area contributed by atoms with Crippen molar-refractivity contribution in [2.75, 3.05) is 6.61 Å². The van der Waals surface area contributed by atoms with E-state index < -0.39 is 18.4 Å². The van der Waals surface area contributed by atoms with Gasteiger partial charge in [0.1, 0.15) is 11.4 Å². The molecule has 0 saturated heterocycles. The molecule has 0 aliphatic heterocycles. The van der Waals surface area contributed by atoms with Crippen LogP contribution >= 0.6 is 11.6 Å². The second kappa shape index (κ2) is 6.22. The number of aromatic amines is 1. The van der Waals surface area contributed by atoms with Gasteiger partial charge in [0.25, 0.3) is 0 Å². The molecule has 116 valence electrons. The highest BCUT2D eigenvalue weighted by Gasteiger charge is 2.19. The molecule has 1 aromatic heterocycles. The van der Waals surface area contributed by atoms with Gasteiger partial charge in [-0.05, 0) is 18.2 Å². The van der Waals surface area contributed by atoms with Gasteiger partial charge in [-0.3, -0.25) is 4.79 Å². The molecule has 0 amide bonds. The van der Waals surface area contributed by atoms with Crippen molar-refractivity contribution in [2.45, 2.75) is 0 Å². The average Bonchev–Trinajstić information content (AvgIpc) is 2.96. The predicted molar refractivity (Wildman–Crippen MR) is 84.3 cm³/mol. The Hall–Kier alpha value is -2.66. The number of aromatic nitrogens is 1. The van der Waals surface area contributed by atoms with Gasteiger partial charge in [-0.2, -0.15) is 0 Å². The third-order valence-electron chi connectivity index (χ3n) is 3.39. The molecule has 0 bridgehead atoms. The van der Waals surface area contributed by atoms with Crippen molar-refractivity contribution in [3.05, 3.63) is 70.6 Å². The number of Topliss-reactive ketones (excluding diaryl/α,β-unsaturated/α-hetero) is 1. The molecule has 2 aromatic carbocycles. The van der Waals surface area contributed by atoms with Crippen LogP contribution in [0.25, 0.3) is 10.9 Å². The molecule has 4 nitrogen and oxygen atoms in total. The van der Waals surface area contributed by atoms with Crippen molar-refractivity contribution in [1.29, 1.82) is 0 Å². The van der Waals surface area contributed by atoms with E-state index in [0.717, 1.165) is 17.0 Å². The number of ketones is 1. The van der Waals surface area contributed by atoms with Gasteiger partial charge < -0.3 is 9.72 Å². The van der Waals surface area contributed by atoms with E-state index >= 15 is 0 Å². The molecule has 0 unspecified atom stereocenters. The summed E-state index contributed by atoms with van der Waals surface area (Å²) in [6.07, 6.45) is 1.55. The molecule has 0 saturated carbocycles. The second-order valence-electron chi connectivity index (χ2n) is 4.84. The van der Waals surface area contributed by atoms with Gasteiger partial charge in [0.15, 0.2) is 6.61 Å².